The molecule has 0 aromatic carbocycles. The van der Waals surface area contributed by atoms with Gasteiger partial charge in [-0.05, 0) is 6.42 Å². The van der Waals surface area contributed by atoms with Crippen molar-refractivity contribution >= 4 is 12.4 Å². The van der Waals surface area contributed by atoms with Gasteiger partial charge in [0.15, 0.2) is 6.29 Å². The van der Waals surface area contributed by atoms with Crippen molar-refractivity contribution in [3.8, 4) is 0 Å². The lowest BCUT2D eigenvalue weighted by Crippen LogP contribution is -2.52. The van der Waals surface area contributed by atoms with Crippen LogP contribution in [0.3, 0.4) is 0 Å². The average Bonchev–Trinajstić information content (AvgIpc) is 1.97. The van der Waals surface area contributed by atoms with Crippen LogP contribution in [0.1, 0.15) is 6.42 Å². The average molecular weight is 200 g/mol. The molecule has 1 rings (SSSR count). The smallest absolute Gasteiger partial charge is 0.170 e. The first-order chi connectivity index (χ1) is 5.15. The summed E-state index contributed by atoms with van der Waals surface area (Å²) in [6, 6.07) is -0.562. The number of halogens is 1. The van der Waals surface area contributed by atoms with Crippen molar-refractivity contribution in [3.63, 3.8) is 0 Å². The van der Waals surface area contributed by atoms with Gasteiger partial charge in [0.2, 0.25) is 0 Å². The summed E-state index contributed by atoms with van der Waals surface area (Å²) < 4.78 is 4.79. The molecule has 6 heteroatoms. The monoisotopic (exact) mass is 199 g/mol. The fourth-order valence-electron chi connectivity index (χ4n) is 1.08. The van der Waals surface area contributed by atoms with Gasteiger partial charge in [-0.1, -0.05) is 0 Å². The van der Waals surface area contributed by atoms with Crippen molar-refractivity contribution in [2.45, 2.75) is 31.0 Å². The minimum Gasteiger partial charge on any atom is -0.394 e. The molecule has 0 amide bonds. The lowest BCUT2D eigenvalue weighted by atomic mass is 10.0. The summed E-state index contributed by atoms with van der Waals surface area (Å²) in [4.78, 5) is 0. The summed E-state index contributed by atoms with van der Waals surface area (Å²) in [6.45, 7) is -0.301. The third-order valence-corrected chi connectivity index (χ3v) is 1.80. The van der Waals surface area contributed by atoms with Crippen LogP contribution in [0.2, 0.25) is 0 Å². The Hall–Kier alpha value is 0.0900. The van der Waals surface area contributed by atoms with Crippen molar-refractivity contribution in [3.05, 3.63) is 0 Å². The summed E-state index contributed by atoms with van der Waals surface area (Å²) in [6.07, 6.45) is -2.30. The van der Waals surface area contributed by atoms with Gasteiger partial charge in [-0.2, -0.15) is 0 Å². The molecule has 0 saturated carbocycles. The Morgan fingerprint density at radius 3 is 2.50 bits per heavy atom. The number of ether oxygens (including phenoxy) is 1. The number of rotatable bonds is 1. The van der Waals surface area contributed by atoms with E-state index in [-0.39, 0.29) is 25.4 Å². The Bertz CT molecular complexity index is 137. The van der Waals surface area contributed by atoms with E-state index in [2.05, 4.69) is 0 Å². The molecule has 1 aliphatic heterocycles. The van der Waals surface area contributed by atoms with Gasteiger partial charge in [0.05, 0.1) is 18.8 Å². The molecule has 0 aromatic heterocycles. The van der Waals surface area contributed by atoms with Crippen LogP contribution in [0.15, 0.2) is 0 Å². The predicted molar refractivity (Wildman–Crippen MR) is 43.8 cm³/mol. The molecule has 0 radical (unpaired) electrons. The molecule has 0 bridgehead atoms. The molecule has 12 heavy (non-hydrogen) atoms. The second kappa shape index (κ2) is 4.96. The van der Waals surface area contributed by atoms with Gasteiger partial charge in [0.25, 0.3) is 0 Å². The Morgan fingerprint density at radius 2 is 2.00 bits per heavy atom. The number of aliphatic hydroxyl groups is 3. The lowest BCUT2D eigenvalue weighted by Gasteiger charge is -2.34. The van der Waals surface area contributed by atoms with Crippen LogP contribution < -0.4 is 5.73 Å². The highest BCUT2D eigenvalue weighted by atomic mass is 35.5. The van der Waals surface area contributed by atoms with E-state index in [9.17, 15) is 5.11 Å². The lowest BCUT2D eigenvalue weighted by molar-refractivity contribution is -0.216. The van der Waals surface area contributed by atoms with Gasteiger partial charge < -0.3 is 25.8 Å². The number of aliphatic hydroxyl groups excluding tert-OH is 3. The van der Waals surface area contributed by atoms with Gasteiger partial charge in [0, 0.05) is 0 Å². The second-order valence-electron chi connectivity index (χ2n) is 2.71. The fraction of sp³-hybridized carbons (Fsp3) is 1.00. The highest BCUT2D eigenvalue weighted by Gasteiger charge is 2.33. The van der Waals surface area contributed by atoms with E-state index in [0.29, 0.717) is 0 Å². The first-order valence-corrected chi connectivity index (χ1v) is 3.53. The number of hydrogen-bond donors (Lipinski definition) is 4. The van der Waals surface area contributed by atoms with Crippen LogP contribution in [0.4, 0.5) is 0 Å². The first-order valence-electron chi connectivity index (χ1n) is 3.53. The zero-order valence-electron chi connectivity index (χ0n) is 6.46. The van der Waals surface area contributed by atoms with Crippen molar-refractivity contribution in [1.82, 2.24) is 0 Å². The molecule has 0 aliphatic carbocycles. The molecule has 1 aliphatic rings. The van der Waals surface area contributed by atoms with E-state index in [1.54, 1.807) is 0 Å². The van der Waals surface area contributed by atoms with E-state index in [0.717, 1.165) is 0 Å². The standard InChI is InChI=1S/C6H13NO4.ClH/c7-3-1-4(9)5(2-8)11-6(3)10;/h3-6,8-10H,1-2,7H2;1H/t3-,4+,5-,6+;/m1./s1. The van der Waals surface area contributed by atoms with Crippen LogP contribution in [-0.2, 0) is 4.74 Å². The third-order valence-electron chi connectivity index (χ3n) is 1.80. The maximum Gasteiger partial charge on any atom is 0.170 e. The molecular weight excluding hydrogens is 186 g/mol. The maximum absolute atomic E-state index is 9.18. The topological polar surface area (TPSA) is 95.9 Å². The third kappa shape index (κ3) is 2.55. The molecular formula is C6H14ClNO4. The highest BCUT2D eigenvalue weighted by molar-refractivity contribution is 5.85. The van der Waals surface area contributed by atoms with Gasteiger partial charge in [-0.25, -0.2) is 0 Å². The normalized spacial score (nSPS) is 42.0. The number of hydrogen-bond acceptors (Lipinski definition) is 5. The summed E-state index contributed by atoms with van der Waals surface area (Å²) >= 11 is 0. The SMILES string of the molecule is Cl.N[C@@H]1C[C@H](O)[C@@H](CO)O[C@@H]1O. The Kier molecular flexibility index (Phi) is 5.00. The zero-order valence-corrected chi connectivity index (χ0v) is 7.28. The maximum atomic E-state index is 9.18. The quantitative estimate of drug-likeness (QED) is 0.400. The molecule has 1 fully saturated rings. The van der Waals surface area contributed by atoms with Crippen molar-refractivity contribution in [1.29, 1.82) is 0 Å². The van der Waals surface area contributed by atoms with Crippen LogP contribution in [0.5, 0.6) is 0 Å². The Labute approximate surface area is 76.5 Å². The second-order valence-corrected chi connectivity index (χ2v) is 2.71. The van der Waals surface area contributed by atoms with Gasteiger partial charge in [0.1, 0.15) is 6.10 Å². The van der Waals surface area contributed by atoms with E-state index >= 15 is 0 Å². The molecule has 74 valence electrons. The molecule has 1 heterocycles. The van der Waals surface area contributed by atoms with Gasteiger partial charge in [-0.15, -0.1) is 12.4 Å². The molecule has 0 spiro atoms. The summed E-state index contributed by atoms with van der Waals surface area (Å²) in [5.74, 6) is 0. The van der Waals surface area contributed by atoms with E-state index in [1.165, 1.54) is 0 Å². The van der Waals surface area contributed by atoms with Crippen molar-refractivity contribution in [2.24, 2.45) is 5.73 Å². The summed E-state index contributed by atoms with van der Waals surface area (Å²) in [7, 11) is 0. The van der Waals surface area contributed by atoms with E-state index in [1.807, 2.05) is 0 Å². The van der Waals surface area contributed by atoms with Crippen LogP contribution in [-0.4, -0.2) is 46.5 Å². The van der Waals surface area contributed by atoms with Crippen LogP contribution in [0, 0.1) is 0 Å². The molecule has 0 unspecified atom stereocenters. The van der Waals surface area contributed by atoms with Crippen LogP contribution >= 0.6 is 12.4 Å². The molecule has 1 saturated heterocycles. The van der Waals surface area contributed by atoms with Gasteiger partial charge >= 0.3 is 0 Å². The van der Waals surface area contributed by atoms with Gasteiger partial charge in [-0.3, -0.25) is 0 Å². The largest absolute Gasteiger partial charge is 0.394 e. The Morgan fingerprint density at radius 1 is 1.42 bits per heavy atom. The van der Waals surface area contributed by atoms with Crippen molar-refractivity contribution in [2.75, 3.05) is 6.61 Å². The van der Waals surface area contributed by atoms with E-state index < -0.39 is 24.5 Å². The highest BCUT2D eigenvalue weighted by Crippen LogP contribution is 2.16. The minimum atomic E-state index is -1.07. The Balaban J connectivity index is 0.00000121. The molecule has 0 aromatic rings. The minimum absolute atomic E-state index is 0. The molecule has 5 N–H and O–H groups in total. The van der Waals surface area contributed by atoms with Crippen LogP contribution in [0.25, 0.3) is 0 Å². The number of nitrogens with two attached hydrogens (primary N) is 1. The van der Waals surface area contributed by atoms with Crippen molar-refractivity contribution < 1.29 is 20.1 Å². The zero-order chi connectivity index (χ0) is 8.43. The summed E-state index contributed by atoms with van der Waals surface area (Å²) in [5, 5.41) is 26.8. The van der Waals surface area contributed by atoms with E-state index in [4.69, 9.17) is 20.7 Å². The fourth-order valence-corrected chi connectivity index (χ4v) is 1.08. The summed E-state index contributed by atoms with van der Waals surface area (Å²) in [5.41, 5.74) is 5.37. The predicted octanol–water partition coefficient (Wildman–Crippen LogP) is -1.80. The molecule has 5 nitrogen and oxygen atoms in total. The molecule has 4 atom stereocenters. The first kappa shape index (κ1) is 12.1.